The summed E-state index contributed by atoms with van der Waals surface area (Å²) in [5.41, 5.74) is -0.196. The lowest BCUT2D eigenvalue weighted by atomic mass is 9.83. The van der Waals surface area contributed by atoms with Crippen LogP contribution in [0.5, 0.6) is 0 Å². The maximum atomic E-state index is 8.45. The average Bonchev–Trinajstić information content (AvgIpc) is 1.88. The summed E-state index contributed by atoms with van der Waals surface area (Å²) >= 11 is 0. The second kappa shape index (κ2) is 3.16. The first-order chi connectivity index (χ1) is 4.93. The van der Waals surface area contributed by atoms with Gasteiger partial charge in [0.1, 0.15) is 0 Å². The van der Waals surface area contributed by atoms with Gasteiger partial charge in [0.2, 0.25) is 0 Å². The summed E-state index contributed by atoms with van der Waals surface area (Å²) in [6.45, 7) is 5.45. The molecule has 0 atom stereocenters. The van der Waals surface area contributed by atoms with Gasteiger partial charge < -0.3 is 5.41 Å². The lowest BCUT2D eigenvalue weighted by molar-refractivity contribution is 0.570. The summed E-state index contributed by atoms with van der Waals surface area (Å²) < 4.78 is 0. The van der Waals surface area contributed by atoms with Crippen LogP contribution < -0.4 is 0 Å². The number of hydrogen-bond acceptors (Lipinski definition) is 3. The minimum absolute atomic E-state index is 0.183. The van der Waals surface area contributed by atoms with Crippen LogP contribution >= 0.6 is 0 Å². The van der Waals surface area contributed by atoms with Crippen molar-refractivity contribution in [3.05, 3.63) is 0 Å². The molecule has 0 heterocycles. The van der Waals surface area contributed by atoms with Crippen LogP contribution in [0.25, 0.3) is 0 Å². The lowest BCUT2D eigenvalue weighted by Gasteiger charge is -2.19. The fraction of sp³-hybridized carbons (Fsp3) is 0.625. The van der Waals surface area contributed by atoms with E-state index in [9.17, 15) is 0 Å². The molecule has 0 rings (SSSR count). The molecule has 0 spiro atoms. The summed E-state index contributed by atoms with van der Waals surface area (Å²) in [7, 11) is 0. The zero-order valence-corrected chi connectivity index (χ0v) is 6.97. The molecule has 0 saturated carbocycles. The third kappa shape index (κ3) is 2.39. The number of hydrogen-bond donors (Lipinski definition) is 1. The van der Waals surface area contributed by atoms with Crippen molar-refractivity contribution in [2.75, 3.05) is 0 Å². The number of nitriles is 2. The van der Waals surface area contributed by atoms with E-state index in [0.717, 1.165) is 0 Å². The molecule has 0 aliphatic rings. The third-order valence-corrected chi connectivity index (χ3v) is 1.35. The first-order valence-corrected chi connectivity index (χ1v) is 3.31. The highest BCUT2D eigenvalue weighted by molar-refractivity contribution is 5.92. The molecule has 1 N–H and O–H groups in total. The minimum atomic E-state index is -0.894. The second-order valence-electron chi connectivity index (χ2n) is 3.35. The van der Waals surface area contributed by atoms with Crippen molar-refractivity contribution in [2.24, 2.45) is 11.3 Å². The Kier molecular flexibility index (Phi) is 2.78. The highest BCUT2D eigenvalue weighted by Gasteiger charge is 2.25. The van der Waals surface area contributed by atoms with Crippen LogP contribution in [0.4, 0.5) is 0 Å². The fourth-order valence-electron chi connectivity index (χ4n) is 0.591. The monoisotopic (exact) mass is 149 g/mol. The van der Waals surface area contributed by atoms with Crippen molar-refractivity contribution >= 4 is 5.71 Å². The van der Waals surface area contributed by atoms with E-state index < -0.39 is 5.92 Å². The first kappa shape index (κ1) is 9.65. The van der Waals surface area contributed by atoms with Crippen LogP contribution in [-0.2, 0) is 0 Å². The molecule has 3 nitrogen and oxygen atoms in total. The number of nitrogens with one attached hydrogen (secondary N) is 1. The molecular weight excluding hydrogens is 138 g/mol. The van der Waals surface area contributed by atoms with E-state index in [1.54, 1.807) is 12.1 Å². The zero-order valence-electron chi connectivity index (χ0n) is 6.97. The van der Waals surface area contributed by atoms with Crippen molar-refractivity contribution in [1.29, 1.82) is 15.9 Å². The molecule has 0 fully saturated rings. The topological polar surface area (TPSA) is 71.4 Å². The summed E-state index contributed by atoms with van der Waals surface area (Å²) in [5.74, 6) is -0.894. The van der Waals surface area contributed by atoms with Crippen molar-refractivity contribution in [3.63, 3.8) is 0 Å². The Balaban J connectivity index is 4.55. The van der Waals surface area contributed by atoms with Crippen molar-refractivity contribution in [1.82, 2.24) is 0 Å². The smallest absolute Gasteiger partial charge is 0.171 e. The van der Waals surface area contributed by atoms with E-state index in [1.807, 2.05) is 20.8 Å². The van der Waals surface area contributed by atoms with Crippen molar-refractivity contribution < 1.29 is 0 Å². The fourth-order valence-corrected chi connectivity index (χ4v) is 0.591. The molecule has 0 aromatic rings. The molecule has 0 radical (unpaired) electrons. The number of nitrogens with zero attached hydrogens (tertiary/aromatic N) is 2. The van der Waals surface area contributed by atoms with Gasteiger partial charge in [0, 0.05) is 11.1 Å². The Morgan fingerprint density at radius 1 is 1.27 bits per heavy atom. The van der Waals surface area contributed by atoms with E-state index in [1.165, 1.54) is 0 Å². The van der Waals surface area contributed by atoms with Gasteiger partial charge in [0.15, 0.2) is 5.92 Å². The van der Waals surface area contributed by atoms with E-state index in [4.69, 9.17) is 15.9 Å². The average molecular weight is 149 g/mol. The SMILES string of the molecule is CC(C)(C)C(=N)C(C#N)C#N. The molecule has 3 heteroatoms. The molecule has 0 saturated heterocycles. The van der Waals surface area contributed by atoms with E-state index >= 15 is 0 Å². The molecule has 11 heavy (non-hydrogen) atoms. The van der Waals surface area contributed by atoms with Crippen LogP contribution in [-0.4, -0.2) is 5.71 Å². The zero-order chi connectivity index (χ0) is 9.07. The van der Waals surface area contributed by atoms with Gasteiger partial charge in [-0.25, -0.2) is 0 Å². The molecule has 0 unspecified atom stereocenters. The Morgan fingerprint density at radius 3 is 1.73 bits per heavy atom. The quantitative estimate of drug-likeness (QED) is 0.576. The van der Waals surface area contributed by atoms with Crippen molar-refractivity contribution in [2.45, 2.75) is 20.8 Å². The molecule has 0 amide bonds. The van der Waals surface area contributed by atoms with Gasteiger partial charge >= 0.3 is 0 Å². The minimum Gasteiger partial charge on any atom is -0.307 e. The normalized spacial score (nSPS) is 10.4. The molecule has 0 aromatic carbocycles. The second-order valence-corrected chi connectivity index (χ2v) is 3.35. The highest BCUT2D eigenvalue weighted by Crippen LogP contribution is 2.19. The van der Waals surface area contributed by atoms with Gasteiger partial charge in [0.05, 0.1) is 12.1 Å². The van der Waals surface area contributed by atoms with Gasteiger partial charge in [-0.2, -0.15) is 10.5 Å². The summed E-state index contributed by atoms with van der Waals surface area (Å²) in [5, 5.41) is 24.3. The molecule has 0 aliphatic heterocycles. The highest BCUT2D eigenvalue weighted by atomic mass is 14.5. The molecule has 0 bridgehead atoms. The maximum absolute atomic E-state index is 8.45. The van der Waals surface area contributed by atoms with E-state index in [2.05, 4.69) is 0 Å². The van der Waals surface area contributed by atoms with Crippen LogP contribution in [0, 0.1) is 39.4 Å². The molecular formula is C8H11N3. The van der Waals surface area contributed by atoms with E-state index in [-0.39, 0.29) is 11.1 Å². The Hall–Kier alpha value is -1.35. The number of rotatable bonds is 1. The molecule has 0 aromatic heterocycles. The van der Waals surface area contributed by atoms with Gasteiger partial charge in [-0.05, 0) is 0 Å². The van der Waals surface area contributed by atoms with Gasteiger partial charge in [-0.1, -0.05) is 20.8 Å². The van der Waals surface area contributed by atoms with Crippen molar-refractivity contribution in [3.8, 4) is 12.1 Å². The van der Waals surface area contributed by atoms with Crippen LogP contribution in [0.15, 0.2) is 0 Å². The lowest BCUT2D eigenvalue weighted by Crippen LogP contribution is -2.25. The third-order valence-electron chi connectivity index (χ3n) is 1.35. The van der Waals surface area contributed by atoms with Crippen LogP contribution in [0.2, 0.25) is 0 Å². The first-order valence-electron chi connectivity index (χ1n) is 3.31. The largest absolute Gasteiger partial charge is 0.307 e. The van der Waals surface area contributed by atoms with Gasteiger partial charge in [0.25, 0.3) is 0 Å². The van der Waals surface area contributed by atoms with Gasteiger partial charge in [-0.3, -0.25) is 0 Å². The predicted octanol–water partition coefficient (Wildman–Crippen LogP) is 1.72. The van der Waals surface area contributed by atoms with Crippen LogP contribution in [0.1, 0.15) is 20.8 Å². The van der Waals surface area contributed by atoms with Gasteiger partial charge in [-0.15, -0.1) is 0 Å². The summed E-state index contributed by atoms with van der Waals surface area (Å²) in [6, 6.07) is 3.54. The molecule has 58 valence electrons. The maximum Gasteiger partial charge on any atom is 0.171 e. The predicted molar refractivity (Wildman–Crippen MR) is 41.9 cm³/mol. The van der Waals surface area contributed by atoms with E-state index in [0.29, 0.717) is 0 Å². The summed E-state index contributed by atoms with van der Waals surface area (Å²) in [6.07, 6.45) is 0. The Labute approximate surface area is 66.8 Å². The Morgan fingerprint density at radius 2 is 1.64 bits per heavy atom. The van der Waals surface area contributed by atoms with Crippen LogP contribution in [0.3, 0.4) is 0 Å². The summed E-state index contributed by atoms with van der Waals surface area (Å²) in [4.78, 5) is 0. The molecule has 0 aliphatic carbocycles. The Bertz CT molecular complexity index is 220. The standard InChI is InChI=1S/C8H11N3/c1-8(2,3)7(11)6(4-9)5-10/h6,11H,1-3H3.